The molecular weight excluding hydrogens is 455 g/mol. The van der Waals surface area contributed by atoms with Gasteiger partial charge in [-0.25, -0.2) is 0 Å². The third-order valence-electron chi connectivity index (χ3n) is 3.93. The third-order valence-corrected chi connectivity index (χ3v) is 6.07. The zero-order valence-corrected chi connectivity index (χ0v) is 18.2. The highest BCUT2D eigenvalue weighted by molar-refractivity contribution is 8.15. The van der Waals surface area contributed by atoms with E-state index >= 15 is 0 Å². The molecule has 0 saturated carbocycles. The number of rotatable bonds is 5. The van der Waals surface area contributed by atoms with Crippen molar-refractivity contribution in [1.29, 1.82) is 0 Å². The smallest absolute Gasteiger partial charge is 0.240 e. The van der Waals surface area contributed by atoms with Gasteiger partial charge in [0.05, 0.1) is 21.4 Å². The number of nitrogens with one attached hydrogen (secondary N) is 2. The Morgan fingerprint density at radius 2 is 1.90 bits per heavy atom. The molecule has 2 aromatic carbocycles. The van der Waals surface area contributed by atoms with Crippen LogP contribution >= 0.6 is 46.6 Å². The summed E-state index contributed by atoms with van der Waals surface area (Å²) in [5, 5.41) is 14.4. The third kappa shape index (κ3) is 5.73. The summed E-state index contributed by atoms with van der Waals surface area (Å²) in [6.07, 6.45) is -0.0434. The van der Waals surface area contributed by atoms with Crippen LogP contribution in [0, 0.1) is 0 Å². The summed E-state index contributed by atoms with van der Waals surface area (Å²) in [6, 6.07) is 12.1. The van der Waals surface area contributed by atoms with Gasteiger partial charge in [0.25, 0.3) is 0 Å². The largest absolute Gasteiger partial charge is 0.325 e. The van der Waals surface area contributed by atoms with Crippen LogP contribution in [0.4, 0.5) is 5.69 Å². The number of anilines is 1. The number of halogens is 3. The van der Waals surface area contributed by atoms with Crippen LogP contribution in [0.1, 0.15) is 18.9 Å². The lowest BCUT2D eigenvalue weighted by Gasteiger charge is -2.09. The first-order valence-corrected chi connectivity index (χ1v) is 10.4. The molecule has 1 unspecified atom stereocenters. The van der Waals surface area contributed by atoms with Gasteiger partial charge >= 0.3 is 0 Å². The molecule has 2 aromatic rings. The lowest BCUT2D eigenvalue weighted by atomic mass is 10.1. The highest BCUT2D eigenvalue weighted by Crippen LogP contribution is 2.30. The van der Waals surface area contributed by atoms with Crippen LogP contribution in [0.2, 0.25) is 15.1 Å². The maximum Gasteiger partial charge on any atom is 0.240 e. The van der Waals surface area contributed by atoms with Crippen molar-refractivity contribution < 1.29 is 9.59 Å². The second-order valence-corrected chi connectivity index (χ2v) is 8.46. The Kier molecular flexibility index (Phi) is 7.18. The average molecular weight is 470 g/mol. The minimum atomic E-state index is -0.613. The van der Waals surface area contributed by atoms with Gasteiger partial charge in [-0.3, -0.25) is 9.59 Å². The van der Waals surface area contributed by atoms with E-state index in [4.69, 9.17) is 34.8 Å². The first kappa shape index (κ1) is 21.6. The van der Waals surface area contributed by atoms with Gasteiger partial charge in [-0.1, -0.05) is 64.8 Å². The van der Waals surface area contributed by atoms with E-state index in [0.717, 1.165) is 17.3 Å². The Balaban J connectivity index is 1.61. The van der Waals surface area contributed by atoms with Crippen molar-refractivity contribution in [3.05, 3.63) is 63.1 Å². The lowest BCUT2D eigenvalue weighted by Crippen LogP contribution is -2.28. The molecule has 0 bridgehead atoms. The number of benzene rings is 2. The molecule has 2 amide bonds. The Hall–Kier alpha value is -2.06. The average Bonchev–Trinajstić information content (AvgIpc) is 3.03. The van der Waals surface area contributed by atoms with Crippen LogP contribution in [0.25, 0.3) is 0 Å². The Bertz CT molecular complexity index is 1010. The molecule has 0 spiro atoms. The van der Waals surface area contributed by atoms with Crippen LogP contribution < -0.4 is 10.6 Å². The number of carbonyl (C=O) groups is 2. The van der Waals surface area contributed by atoms with Crippen molar-refractivity contribution in [3.8, 4) is 0 Å². The molecule has 0 radical (unpaired) electrons. The van der Waals surface area contributed by atoms with Gasteiger partial charge in [0.2, 0.25) is 11.8 Å². The van der Waals surface area contributed by atoms with E-state index < -0.39 is 5.25 Å². The van der Waals surface area contributed by atoms with Crippen molar-refractivity contribution in [2.75, 3.05) is 5.32 Å². The SMILES string of the molecule is C/C(=N\N=C1/NC(=O)C(CC(=O)Nc2cccc(Cl)c2Cl)S1)c1ccc(Cl)cc1. The van der Waals surface area contributed by atoms with Crippen LogP contribution in [0.3, 0.4) is 0 Å². The highest BCUT2D eigenvalue weighted by Gasteiger charge is 2.32. The van der Waals surface area contributed by atoms with Gasteiger partial charge in [-0.15, -0.1) is 5.10 Å². The first-order valence-electron chi connectivity index (χ1n) is 8.43. The summed E-state index contributed by atoms with van der Waals surface area (Å²) < 4.78 is 0. The van der Waals surface area contributed by atoms with Gasteiger partial charge in [0.15, 0.2) is 5.17 Å². The van der Waals surface area contributed by atoms with Gasteiger partial charge < -0.3 is 10.6 Å². The molecule has 1 aliphatic heterocycles. The summed E-state index contributed by atoms with van der Waals surface area (Å²) in [5.74, 6) is -0.663. The minimum Gasteiger partial charge on any atom is -0.325 e. The number of carbonyl (C=O) groups excluding carboxylic acids is 2. The molecule has 29 heavy (non-hydrogen) atoms. The van der Waals surface area contributed by atoms with Crippen LogP contribution in [0.5, 0.6) is 0 Å². The standard InChI is InChI=1S/C19H15Cl3N4O2S/c1-10(11-5-7-12(20)8-6-11)25-26-19-24-18(28)15(29-19)9-16(27)23-14-4-2-3-13(21)17(14)22/h2-8,15H,9H2,1H3,(H,23,27)(H,24,26,28)/b25-10+. The van der Waals surface area contributed by atoms with Crippen molar-refractivity contribution in [3.63, 3.8) is 0 Å². The Labute approximate surface area is 186 Å². The summed E-state index contributed by atoms with van der Waals surface area (Å²) in [7, 11) is 0. The molecule has 0 aliphatic carbocycles. The summed E-state index contributed by atoms with van der Waals surface area (Å²) in [4.78, 5) is 24.4. The summed E-state index contributed by atoms with van der Waals surface area (Å²) in [6.45, 7) is 1.80. The van der Waals surface area contributed by atoms with Gasteiger partial charge in [0.1, 0.15) is 5.25 Å². The molecule has 1 aliphatic rings. The van der Waals surface area contributed by atoms with E-state index in [9.17, 15) is 9.59 Å². The minimum absolute atomic E-state index is 0.0434. The van der Waals surface area contributed by atoms with E-state index in [0.29, 0.717) is 26.6 Å². The molecule has 10 heteroatoms. The Morgan fingerprint density at radius 3 is 2.62 bits per heavy atom. The second kappa shape index (κ2) is 9.63. The zero-order chi connectivity index (χ0) is 21.0. The monoisotopic (exact) mass is 468 g/mol. The topological polar surface area (TPSA) is 82.9 Å². The number of amides is 2. The first-order chi connectivity index (χ1) is 13.8. The quantitative estimate of drug-likeness (QED) is 0.478. The van der Waals surface area contributed by atoms with E-state index in [-0.39, 0.29) is 23.3 Å². The van der Waals surface area contributed by atoms with Crippen molar-refractivity contribution in [1.82, 2.24) is 5.32 Å². The van der Waals surface area contributed by atoms with E-state index in [2.05, 4.69) is 20.8 Å². The molecule has 3 rings (SSSR count). The maximum atomic E-state index is 12.3. The Morgan fingerprint density at radius 1 is 1.17 bits per heavy atom. The zero-order valence-electron chi connectivity index (χ0n) is 15.1. The van der Waals surface area contributed by atoms with Gasteiger partial charge in [-0.2, -0.15) is 5.10 Å². The van der Waals surface area contributed by atoms with E-state index in [1.807, 2.05) is 12.1 Å². The molecule has 6 nitrogen and oxygen atoms in total. The predicted octanol–water partition coefficient (Wildman–Crippen LogP) is 4.99. The molecule has 1 fully saturated rings. The number of hydrogen-bond donors (Lipinski definition) is 2. The normalized spacial score (nSPS) is 18.1. The second-order valence-electron chi connectivity index (χ2n) is 6.05. The predicted molar refractivity (Wildman–Crippen MR) is 120 cm³/mol. The number of hydrogen-bond acceptors (Lipinski definition) is 5. The van der Waals surface area contributed by atoms with Gasteiger partial charge in [0, 0.05) is 11.4 Å². The number of amidine groups is 1. The molecule has 2 N–H and O–H groups in total. The molecule has 1 heterocycles. The molecule has 1 atom stereocenters. The molecule has 1 saturated heterocycles. The molecular formula is C19H15Cl3N4O2S. The van der Waals surface area contributed by atoms with Crippen LogP contribution in [0.15, 0.2) is 52.7 Å². The lowest BCUT2D eigenvalue weighted by molar-refractivity contribution is -0.122. The van der Waals surface area contributed by atoms with Crippen molar-refractivity contribution in [2.24, 2.45) is 10.2 Å². The molecule has 150 valence electrons. The van der Waals surface area contributed by atoms with Crippen LogP contribution in [-0.4, -0.2) is 27.9 Å². The van der Waals surface area contributed by atoms with E-state index in [1.54, 1.807) is 37.3 Å². The summed E-state index contributed by atoms with van der Waals surface area (Å²) >= 11 is 19.0. The van der Waals surface area contributed by atoms with Crippen molar-refractivity contribution >= 4 is 74.9 Å². The number of nitrogens with zero attached hydrogens (tertiary/aromatic N) is 2. The fourth-order valence-electron chi connectivity index (χ4n) is 2.43. The fraction of sp³-hybridized carbons (Fsp3) is 0.158. The maximum absolute atomic E-state index is 12.3. The fourth-order valence-corrected chi connectivity index (χ4v) is 3.82. The number of thioether (sulfide) groups is 1. The van der Waals surface area contributed by atoms with E-state index in [1.165, 1.54) is 0 Å². The summed E-state index contributed by atoms with van der Waals surface area (Å²) in [5.41, 5.74) is 1.92. The highest BCUT2D eigenvalue weighted by atomic mass is 35.5. The van der Waals surface area contributed by atoms with Gasteiger partial charge in [-0.05, 0) is 36.8 Å². The molecule has 0 aromatic heterocycles. The van der Waals surface area contributed by atoms with Crippen LogP contribution in [-0.2, 0) is 9.59 Å². The van der Waals surface area contributed by atoms with Crippen molar-refractivity contribution in [2.45, 2.75) is 18.6 Å².